The number of hydrogen-bond donors (Lipinski definition) is 1. The van der Waals surface area contributed by atoms with Crippen molar-refractivity contribution in [2.24, 2.45) is 0 Å². The van der Waals surface area contributed by atoms with Gasteiger partial charge in [-0.2, -0.15) is 0 Å². The van der Waals surface area contributed by atoms with Crippen molar-refractivity contribution in [1.29, 1.82) is 0 Å². The Kier molecular flexibility index (Phi) is 4.96. The van der Waals surface area contributed by atoms with Gasteiger partial charge in [-0.3, -0.25) is 4.98 Å². The second-order valence-corrected chi connectivity index (χ2v) is 8.98. The predicted octanol–water partition coefficient (Wildman–Crippen LogP) is 8.24. The summed E-state index contributed by atoms with van der Waals surface area (Å²) in [5, 5.41) is 2.44. The molecule has 0 aliphatic rings. The van der Waals surface area contributed by atoms with Crippen molar-refractivity contribution in [3.8, 4) is 33.8 Å². The number of H-pyrrole nitrogens is 1. The number of pyridine rings is 2. The molecule has 0 spiro atoms. The smallest absolute Gasteiger partial charge is 0.0899 e. The molecule has 0 saturated heterocycles. The van der Waals surface area contributed by atoms with Gasteiger partial charge in [0.25, 0.3) is 0 Å². The molecule has 164 valence electrons. The number of fused-ring (bicyclic) bond motifs is 3. The topological polar surface area (TPSA) is 41.6 Å². The summed E-state index contributed by atoms with van der Waals surface area (Å²) in [5.41, 5.74) is 9.74. The fraction of sp³-hybridized carbons (Fsp3) is 0.0968. The third-order valence-corrected chi connectivity index (χ3v) is 6.46. The molecular formula is C31H25N3. The second-order valence-electron chi connectivity index (χ2n) is 8.98. The van der Waals surface area contributed by atoms with E-state index in [9.17, 15) is 0 Å². The molecule has 1 N–H and O–H groups in total. The van der Waals surface area contributed by atoms with E-state index in [1.807, 2.05) is 24.4 Å². The molecule has 6 rings (SSSR count). The van der Waals surface area contributed by atoms with Crippen molar-refractivity contribution in [2.75, 3.05) is 0 Å². The van der Waals surface area contributed by atoms with Crippen LogP contribution in [0.3, 0.4) is 0 Å². The van der Waals surface area contributed by atoms with Crippen LogP contribution in [0.4, 0.5) is 0 Å². The lowest BCUT2D eigenvalue weighted by Crippen LogP contribution is -1.96. The van der Waals surface area contributed by atoms with Gasteiger partial charge in [-0.05, 0) is 52.9 Å². The summed E-state index contributed by atoms with van der Waals surface area (Å²) >= 11 is 0. The van der Waals surface area contributed by atoms with Crippen LogP contribution in [-0.4, -0.2) is 15.0 Å². The SMILES string of the molecule is CC(C)c1ccccc1-c1cc(-c2ccccn2)nc(-c2cccc3c2[nH]c2ccccc23)c1. The maximum Gasteiger partial charge on any atom is 0.0899 e. The molecular weight excluding hydrogens is 414 g/mol. The molecule has 6 aromatic rings. The molecule has 3 aromatic carbocycles. The largest absolute Gasteiger partial charge is 0.354 e. The zero-order valence-electron chi connectivity index (χ0n) is 19.3. The molecule has 0 amide bonds. The molecule has 3 nitrogen and oxygen atoms in total. The lowest BCUT2D eigenvalue weighted by Gasteiger charge is -2.15. The van der Waals surface area contributed by atoms with Gasteiger partial charge < -0.3 is 4.98 Å². The van der Waals surface area contributed by atoms with Crippen molar-refractivity contribution in [3.05, 3.63) is 109 Å². The number of para-hydroxylation sites is 2. The third kappa shape index (κ3) is 3.46. The first-order valence-corrected chi connectivity index (χ1v) is 11.7. The molecule has 3 heterocycles. The van der Waals surface area contributed by atoms with E-state index in [-0.39, 0.29) is 0 Å². The van der Waals surface area contributed by atoms with Crippen LogP contribution in [0.1, 0.15) is 25.3 Å². The monoisotopic (exact) mass is 439 g/mol. The third-order valence-electron chi connectivity index (χ3n) is 6.46. The van der Waals surface area contributed by atoms with Gasteiger partial charge in [0.05, 0.1) is 22.6 Å². The molecule has 0 saturated carbocycles. The average Bonchev–Trinajstić information content (AvgIpc) is 3.28. The molecule has 0 fully saturated rings. The molecule has 0 atom stereocenters. The van der Waals surface area contributed by atoms with Gasteiger partial charge >= 0.3 is 0 Å². The van der Waals surface area contributed by atoms with E-state index in [4.69, 9.17) is 4.98 Å². The van der Waals surface area contributed by atoms with Crippen LogP contribution in [0.5, 0.6) is 0 Å². The summed E-state index contributed by atoms with van der Waals surface area (Å²) in [5.74, 6) is 0.420. The Morgan fingerprint density at radius 2 is 1.38 bits per heavy atom. The van der Waals surface area contributed by atoms with Crippen molar-refractivity contribution in [1.82, 2.24) is 15.0 Å². The number of nitrogens with zero attached hydrogens (tertiary/aromatic N) is 2. The normalized spacial score (nSPS) is 11.5. The molecule has 0 aliphatic heterocycles. The number of rotatable bonds is 4. The highest BCUT2D eigenvalue weighted by atomic mass is 14.8. The van der Waals surface area contributed by atoms with Gasteiger partial charge in [0.2, 0.25) is 0 Å². The van der Waals surface area contributed by atoms with Gasteiger partial charge in [0, 0.05) is 28.0 Å². The summed E-state index contributed by atoms with van der Waals surface area (Å²) in [6.45, 7) is 4.48. The lowest BCUT2D eigenvalue weighted by molar-refractivity contribution is 0.869. The van der Waals surface area contributed by atoms with Gasteiger partial charge in [0.1, 0.15) is 0 Å². The van der Waals surface area contributed by atoms with Crippen LogP contribution >= 0.6 is 0 Å². The first-order valence-electron chi connectivity index (χ1n) is 11.7. The van der Waals surface area contributed by atoms with Gasteiger partial charge in [-0.25, -0.2) is 4.98 Å². The number of aromatic nitrogens is 3. The maximum atomic E-state index is 5.11. The summed E-state index contributed by atoms with van der Waals surface area (Å²) in [6, 6.07) is 33.9. The Morgan fingerprint density at radius 3 is 2.24 bits per heavy atom. The van der Waals surface area contributed by atoms with Crippen LogP contribution in [-0.2, 0) is 0 Å². The average molecular weight is 440 g/mol. The molecule has 0 radical (unpaired) electrons. The number of benzene rings is 3. The van der Waals surface area contributed by atoms with Gasteiger partial charge in [0.15, 0.2) is 0 Å². The highest BCUT2D eigenvalue weighted by Gasteiger charge is 2.16. The first kappa shape index (κ1) is 20.4. The zero-order valence-corrected chi connectivity index (χ0v) is 19.3. The Balaban J connectivity index is 1.64. The minimum Gasteiger partial charge on any atom is -0.354 e. The Morgan fingerprint density at radius 1 is 0.647 bits per heavy atom. The predicted molar refractivity (Wildman–Crippen MR) is 142 cm³/mol. The summed E-state index contributed by atoms with van der Waals surface area (Å²) in [7, 11) is 0. The van der Waals surface area contributed by atoms with Crippen LogP contribution in [0.15, 0.2) is 103 Å². The quantitative estimate of drug-likeness (QED) is 0.300. The van der Waals surface area contributed by atoms with E-state index in [2.05, 4.69) is 103 Å². The minimum atomic E-state index is 0.420. The lowest BCUT2D eigenvalue weighted by atomic mass is 9.91. The minimum absolute atomic E-state index is 0.420. The standard InChI is InChI=1S/C31H25N3/c1-20(2)22-10-3-4-11-23(22)21-18-29(33-30(19-21)28-16-7-8-17-32-28)26-14-9-13-25-24-12-5-6-15-27(24)34-31(25)26/h3-20,34H,1-2H3. The molecule has 3 heteroatoms. The summed E-state index contributed by atoms with van der Waals surface area (Å²) in [6.07, 6.45) is 1.82. The van der Waals surface area contributed by atoms with Crippen molar-refractivity contribution in [2.45, 2.75) is 19.8 Å². The van der Waals surface area contributed by atoms with E-state index in [0.717, 1.165) is 39.2 Å². The van der Waals surface area contributed by atoms with Crippen molar-refractivity contribution >= 4 is 21.8 Å². The van der Waals surface area contributed by atoms with Gasteiger partial charge in [-0.15, -0.1) is 0 Å². The van der Waals surface area contributed by atoms with E-state index < -0.39 is 0 Å². The second kappa shape index (κ2) is 8.27. The molecule has 3 aromatic heterocycles. The van der Waals surface area contributed by atoms with E-state index in [0.29, 0.717) is 5.92 Å². The summed E-state index contributed by atoms with van der Waals surface area (Å²) in [4.78, 5) is 13.4. The Labute approximate surface area is 199 Å². The fourth-order valence-electron chi connectivity index (χ4n) is 4.82. The maximum absolute atomic E-state index is 5.11. The van der Waals surface area contributed by atoms with Crippen LogP contribution in [0.25, 0.3) is 55.6 Å². The number of aromatic amines is 1. The molecule has 34 heavy (non-hydrogen) atoms. The fourth-order valence-corrected chi connectivity index (χ4v) is 4.82. The van der Waals surface area contributed by atoms with E-state index in [1.165, 1.54) is 21.9 Å². The highest BCUT2D eigenvalue weighted by Crippen LogP contribution is 2.37. The van der Waals surface area contributed by atoms with Crippen LogP contribution in [0, 0.1) is 0 Å². The summed E-state index contributed by atoms with van der Waals surface area (Å²) < 4.78 is 0. The first-order chi connectivity index (χ1) is 16.7. The van der Waals surface area contributed by atoms with Crippen molar-refractivity contribution < 1.29 is 0 Å². The van der Waals surface area contributed by atoms with E-state index in [1.54, 1.807) is 0 Å². The zero-order chi connectivity index (χ0) is 23.1. The van der Waals surface area contributed by atoms with Crippen molar-refractivity contribution in [3.63, 3.8) is 0 Å². The molecule has 0 bridgehead atoms. The highest BCUT2D eigenvalue weighted by molar-refractivity contribution is 6.11. The van der Waals surface area contributed by atoms with Crippen LogP contribution in [0.2, 0.25) is 0 Å². The Hall–Kier alpha value is -4.24. The Bertz CT molecular complexity index is 1630. The van der Waals surface area contributed by atoms with E-state index >= 15 is 0 Å². The number of hydrogen-bond acceptors (Lipinski definition) is 2. The van der Waals surface area contributed by atoms with Crippen LogP contribution < -0.4 is 0 Å². The number of nitrogens with one attached hydrogen (secondary N) is 1. The molecule has 0 aliphatic carbocycles. The van der Waals surface area contributed by atoms with Gasteiger partial charge in [-0.1, -0.05) is 80.6 Å². The molecule has 0 unspecified atom stereocenters.